The molecule has 4 rings (SSSR count). The SMILES string of the molecule is O=C(CC1CCC(CNC(=O)OCC2c3ccccc3-c3ccccc32)C1)N[C@H](CCO)C(=O)O. The second-order valence-electron chi connectivity index (χ2n) is 9.43. The standard InChI is InChI=1S/C27H32N2O6/c30-12-11-24(26(32)33)29-25(31)14-17-9-10-18(13-17)15-28-27(34)35-16-23-21-7-3-1-5-19(21)20-6-2-4-8-22(20)23/h1-8,17-18,23-24,30H,9-16H2,(H,28,34)(H,29,31)(H,32,33)/t17?,18?,24-/m1/s1. The summed E-state index contributed by atoms with van der Waals surface area (Å²) in [6, 6.07) is 15.3. The summed E-state index contributed by atoms with van der Waals surface area (Å²) < 4.78 is 5.59. The molecule has 186 valence electrons. The molecule has 0 heterocycles. The van der Waals surface area contributed by atoms with Crippen molar-refractivity contribution in [2.45, 2.75) is 44.1 Å². The number of carboxylic acids is 1. The molecule has 35 heavy (non-hydrogen) atoms. The summed E-state index contributed by atoms with van der Waals surface area (Å²) in [5.74, 6) is -1.05. The minimum Gasteiger partial charge on any atom is -0.480 e. The van der Waals surface area contributed by atoms with Gasteiger partial charge in [-0.3, -0.25) is 4.79 Å². The number of hydrogen-bond donors (Lipinski definition) is 4. The highest BCUT2D eigenvalue weighted by molar-refractivity contribution is 5.83. The van der Waals surface area contributed by atoms with Gasteiger partial charge < -0.3 is 25.6 Å². The van der Waals surface area contributed by atoms with Gasteiger partial charge in [-0.05, 0) is 53.4 Å². The van der Waals surface area contributed by atoms with Crippen molar-refractivity contribution < 1.29 is 29.3 Å². The number of carbonyl (C=O) groups excluding carboxylic acids is 2. The van der Waals surface area contributed by atoms with Gasteiger partial charge in [-0.2, -0.15) is 0 Å². The summed E-state index contributed by atoms with van der Waals surface area (Å²) in [4.78, 5) is 35.8. The molecule has 4 N–H and O–H groups in total. The maximum absolute atomic E-state index is 12.4. The molecule has 0 saturated heterocycles. The number of amides is 2. The number of aliphatic hydroxyl groups is 1. The van der Waals surface area contributed by atoms with Crippen LogP contribution in [0.2, 0.25) is 0 Å². The third kappa shape index (κ3) is 6.00. The van der Waals surface area contributed by atoms with Crippen molar-refractivity contribution >= 4 is 18.0 Å². The summed E-state index contributed by atoms with van der Waals surface area (Å²) in [6.45, 7) is 0.452. The van der Waals surface area contributed by atoms with Crippen molar-refractivity contribution in [3.63, 3.8) is 0 Å². The molecule has 8 heteroatoms. The van der Waals surface area contributed by atoms with Crippen LogP contribution < -0.4 is 10.6 Å². The zero-order valence-electron chi connectivity index (χ0n) is 19.6. The maximum atomic E-state index is 12.4. The summed E-state index contributed by atoms with van der Waals surface area (Å²) in [7, 11) is 0. The maximum Gasteiger partial charge on any atom is 0.407 e. The number of benzene rings is 2. The van der Waals surface area contributed by atoms with Gasteiger partial charge in [0.1, 0.15) is 12.6 Å². The van der Waals surface area contributed by atoms with E-state index >= 15 is 0 Å². The van der Waals surface area contributed by atoms with Gasteiger partial charge in [0.25, 0.3) is 0 Å². The fourth-order valence-corrected chi connectivity index (χ4v) is 5.33. The van der Waals surface area contributed by atoms with Gasteiger partial charge in [0.05, 0.1) is 0 Å². The van der Waals surface area contributed by atoms with E-state index in [0.717, 1.165) is 19.3 Å². The van der Waals surface area contributed by atoms with Crippen LogP contribution in [0.4, 0.5) is 4.79 Å². The molecule has 2 unspecified atom stereocenters. The quantitative estimate of drug-likeness (QED) is 0.414. The van der Waals surface area contributed by atoms with Crippen LogP contribution in [0.5, 0.6) is 0 Å². The molecule has 0 aromatic heterocycles. The predicted octanol–water partition coefficient (Wildman–Crippen LogP) is 3.28. The zero-order valence-corrected chi connectivity index (χ0v) is 19.6. The van der Waals surface area contributed by atoms with Crippen LogP contribution in [0.3, 0.4) is 0 Å². The number of nitrogens with one attached hydrogen (secondary N) is 2. The van der Waals surface area contributed by atoms with Crippen LogP contribution in [-0.4, -0.2) is 54.0 Å². The molecule has 1 saturated carbocycles. The van der Waals surface area contributed by atoms with Crippen LogP contribution in [-0.2, 0) is 14.3 Å². The Bertz CT molecular complexity index is 1030. The molecule has 0 aliphatic heterocycles. The average molecular weight is 481 g/mol. The second-order valence-corrected chi connectivity index (χ2v) is 9.43. The fourth-order valence-electron chi connectivity index (χ4n) is 5.33. The van der Waals surface area contributed by atoms with Crippen molar-refractivity contribution in [3.05, 3.63) is 59.7 Å². The van der Waals surface area contributed by atoms with Gasteiger partial charge in [-0.25, -0.2) is 9.59 Å². The Balaban J connectivity index is 1.20. The monoisotopic (exact) mass is 480 g/mol. The van der Waals surface area contributed by atoms with E-state index in [2.05, 4.69) is 34.9 Å². The number of aliphatic carboxylic acids is 1. The Hall–Kier alpha value is -3.39. The van der Waals surface area contributed by atoms with Gasteiger partial charge in [0.15, 0.2) is 0 Å². The number of rotatable bonds is 10. The first-order valence-electron chi connectivity index (χ1n) is 12.2. The fraction of sp³-hybridized carbons (Fsp3) is 0.444. The molecular formula is C27H32N2O6. The van der Waals surface area contributed by atoms with Gasteiger partial charge >= 0.3 is 12.1 Å². The number of aliphatic hydroxyl groups excluding tert-OH is 1. The average Bonchev–Trinajstić information content (AvgIpc) is 3.43. The summed E-state index contributed by atoms with van der Waals surface area (Å²) in [5.41, 5.74) is 4.71. The number of carboxylic acid groups (broad SMARTS) is 1. The second kappa shape index (κ2) is 11.4. The molecule has 0 radical (unpaired) electrons. The normalized spacial score (nSPS) is 19.5. The van der Waals surface area contributed by atoms with Gasteiger partial charge in [0.2, 0.25) is 5.91 Å². The topological polar surface area (TPSA) is 125 Å². The molecule has 2 amide bonds. The lowest BCUT2D eigenvalue weighted by Gasteiger charge is -2.17. The van der Waals surface area contributed by atoms with Gasteiger partial charge in [0, 0.05) is 31.9 Å². The van der Waals surface area contributed by atoms with E-state index in [4.69, 9.17) is 14.9 Å². The van der Waals surface area contributed by atoms with Crippen molar-refractivity contribution in [2.75, 3.05) is 19.8 Å². The van der Waals surface area contributed by atoms with E-state index in [-0.39, 0.29) is 49.7 Å². The highest BCUT2D eigenvalue weighted by Gasteiger charge is 2.30. The molecule has 3 atom stereocenters. The lowest BCUT2D eigenvalue weighted by atomic mass is 9.98. The number of hydrogen-bond acceptors (Lipinski definition) is 5. The van der Waals surface area contributed by atoms with Crippen LogP contribution in [0, 0.1) is 11.8 Å². The molecule has 2 aliphatic rings. The van der Waals surface area contributed by atoms with E-state index in [9.17, 15) is 14.4 Å². The highest BCUT2D eigenvalue weighted by atomic mass is 16.5. The van der Waals surface area contributed by atoms with Crippen molar-refractivity contribution in [3.8, 4) is 11.1 Å². The van der Waals surface area contributed by atoms with E-state index in [1.165, 1.54) is 22.3 Å². The molecular weight excluding hydrogens is 448 g/mol. The number of carbonyl (C=O) groups is 3. The molecule has 2 aromatic carbocycles. The van der Waals surface area contributed by atoms with Crippen LogP contribution in [0.15, 0.2) is 48.5 Å². The Labute approximate surface area is 204 Å². The molecule has 1 fully saturated rings. The lowest BCUT2D eigenvalue weighted by molar-refractivity contribution is -0.142. The zero-order chi connectivity index (χ0) is 24.8. The van der Waals surface area contributed by atoms with Gasteiger partial charge in [-0.1, -0.05) is 48.5 Å². The van der Waals surface area contributed by atoms with E-state index in [1.807, 2.05) is 24.3 Å². The Kier molecular flexibility index (Phi) is 8.02. The largest absolute Gasteiger partial charge is 0.480 e. The summed E-state index contributed by atoms with van der Waals surface area (Å²) >= 11 is 0. The Morgan fingerprint density at radius 1 is 0.971 bits per heavy atom. The summed E-state index contributed by atoms with van der Waals surface area (Å²) in [6.07, 6.45) is 2.31. The number of ether oxygens (including phenoxy) is 1. The minimum atomic E-state index is -1.15. The van der Waals surface area contributed by atoms with Crippen LogP contribution in [0.25, 0.3) is 11.1 Å². The van der Waals surface area contributed by atoms with Gasteiger partial charge in [-0.15, -0.1) is 0 Å². The lowest BCUT2D eigenvalue weighted by Crippen LogP contribution is -2.41. The van der Waals surface area contributed by atoms with Crippen LogP contribution >= 0.6 is 0 Å². The highest BCUT2D eigenvalue weighted by Crippen LogP contribution is 2.44. The smallest absolute Gasteiger partial charge is 0.407 e. The third-order valence-corrected chi connectivity index (χ3v) is 7.05. The first-order valence-corrected chi connectivity index (χ1v) is 12.2. The Morgan fingerprint density at radius 2 is 1.60 bits per heavy atom. The predicted molar refractivity (Wildman–Crippen MR) is 130 cm³/mol. The molecule has 8 nitrogen and oxygen atoms in total. The number of alkyl carbamates (subject to hydrolysis) is 1. The van der Waals surface area contributed by atoms with Crippen molar-refractivity contribution in [1.82, 2.24) is 10.6 Å². The summed E-state index contributed by atoms with van der Waals surface area (Å²) in [5, 5.41) is 23.4. The first-order chi connectivity index (χ1) is 17.0. The van der Waals surface area contributed by atoms with E-state index < -0.39 is 18.1 Å². The molecule has 0 bridgehead atoms. The molecule has 2 aromatic rings. The van der Waals surface area contributed by atoms with Crippen molar-refractivity contribution in [1.29, 1.82) is 0 Å². The third-order valence-electron chi connectivity index (χ3n) is 7.05. The van der Waals surface area contributed by atoms with E-state index in [0.29, 0.717) is 6.54 Å². The molecule has 2 aliphatic carbocycles. The minimum absolute atomic E-state index is 0.0155. The Morgan fingerprint density at radius 3 is 2.23 bits per heavy atom. The van der Waals surface area contributed by atoms with Crippen LogP contribution in [0.1, 0.15) is 49.1 Å². The number of fused-ring (bicyclic) bond motifs is 3. The van der Waals surface area contributed by atoms with E-state index in [1.54, 1.807) is 0 Å². The first kappa shape index (κ1) is 24.7. The van der Waals surface area contributed by atoms with Crippen molar-refractivity contribution in [2.24, 2.45) is 11.8 Å². The molecule has 0 spiro atoms.